The quantitative estimate of drug-likeness (QED) is 0.663. The highest BCUT2D eigenvalue weighted by Crippen LogP contribution is 2.26. The highest BCUT2D eigenvalue weighted by atomic mass is 35.5. The molecule has 0 radical (unpaired) electrons. The van der Waals surface area contributed by atoms with E-state index in [-0.39, 0.29) is 16.5 Å². The van der Waals surface area contributed by atoms with Gasteiger partial charge in [0.15, 0.2) is 0 Å². The molecule has 0 aliphatic carbocycles. The first-order valence-corrected chi connectivity index (χ1v) is 10.2. The van der Waals surface area contributed by atoms with E-state index in [4.69, 9.17) is 11.6 Å². The van der Waals surface area contributed by atoms with Crippen molar-refractivity contribution in [2.24, 2.45) is 0 Å². The Morgan fingerprint density at radius 2 is 2.00 bits per heavy atom. The summed E-state index contributed by atoms with van der Waals surface area (Å²) >= 11 is 7.48. The number of nitrogens with zero attached hydrogens (tertiary/aromatic N) is 3. The number of carbonyl (C=O) groups excluding carboxylic acids is 2. The molecule has 10 heteroatoms. The van der Waals surface area contributed by atoms with Crippen LogP contribution in [0.2, 0.25) is 5.02 Å². The van der Waals surface area contributed by atoms with E-state index in [1.54, 1.807) is 28.5 Å². The number of anilines is 1. The number of rotatable bonds is 3. The lowest BCUT2D eigenvalue weighted by molar-refractivity contribution is 0.0664. The highest BCUT2D eigenvalue weighted by Gasteiger charge is 2.22. The predicted octanol–water partition coefficient (Wildman–Crippen LogP) is 2.28. The van der Waals surface area contributed by atoms with Crippen molar-refractivity contribution in [2.75, 3.05) is 38.5 Å². The molecule has 1 aliphatic rings. The molecular weight excluding hydrogens is 414 g/mol. The Morgan fingerprint density at radius 1 is 1.24 bits per heavy atom. The predicted molar refractivity (Wildman–Crippen MR) is 113 cm³/mol. The summed E-state index contributed by atoms with van der Waals surface area (Å²) in [6.45, 7) is 3.00. The van der Waals surface area contributed by atoms with Crippen LogP contribution >= 0.6 is 22.9 Å². The summed E-state index contributed by atoms with van der Waals surface area (Å²) in [6, 6.07) is 4.82. The molecule has 0 unspecified atom stereocenters. The van der Waals surface area contributed by atoms with Gasteiger partial charge in [0.2, 0.25) is 0 Å². The van der Waals surface area contributed by atoms with Crippen LogP contribution in [0, 0.1) is 0 Å². The summed E-state index contributed by atoms with van der Waals surface area (Å²) in [5, 5.41) is 4.58. The number of nitrogens with one attached hydrogen (secondary N) is 2. The summed E-state index contributed by atoms with van der Waals surface area (Å²) in [6.07, 6.45) is 1.26. The number of thiophene rings is 1. The second-order valence-electron chi connectivity index (χ2n) is 6.80. The number of likely N-dealkylation sites (N-methyl/N-ethyl adjacent to an activating group) is 1. The van der Waals surface area contributed by atoms with Gasteiger partial charge in [-0.1, -0.05) is 11.6 Å². The number of H-pyrrole nitrogens is 1. The standard InChI is InChI=1S/C19H18ClN5O3S/c1-24-4-6-25(7-5-24)19(28)11-2-3-14(13(20)8-11)23-17(26)12-9-29-16-15(12)21-10-22-18(16)27/h2-3,8-10H,4-7H2,1H3,(H,23,26)(H,21,22,27). The van der Waals surface area contributed by atoms with E-state index >= 15 is 0 Å². The third kappa shape index (κ3) is 3.89. The van der Waals surface area contributed by atoms with Crippen molar-refractivity contribution in [1.29, 1.82) is 0 Å². The Kier molecular flexibility index (Phi) is 5.35. The van der Waals surface area contributed by atoms with Crippen molar-refractivity contribution in [2.45, 2.75) is 0 Å². The monoisotopic (exact) mass is 431 g/mol. The number of aromatic nitrogens is 2. The van der Waals surface area contributed by atoms with Gasteiger partial charge < -0.3 is 20.1 Å². The maximum absolute atomic E-state index is 12.7. The van der Waals surface area contributed by atoms with Gasteiger partial charge in [-0.05, 0) is 25.2 Å². The normalized spacial score (nSPS) is 14.9. The van der Waals surface area contributed by atoms with E-state index in [0.717, 1.165) is 24.4 Å². The number of carbonyl (C=O) groups is 2. The molecule has 3 heterocycles. The summed E-state index contributed by atoms with van der Waals surface area (Å²) in [5.74, 6) is -0.500. The molecule has 0 spiro atoms. The molecule has 2 amide bonds. The van der Waals surface area contributed by atoms with Crippen molar-refractivity contribution >= 4 is 50.7 Å². The van der Waals surface area contributed by atoms with Crippen LogP contribution in [0.4, 0.5) is 5.69 Å². The molecule has 0 bridgehead atoms. The number of hydrogen-bond acceptors (Lipinski definition) is 6. The third-order valence-electron chi connectivity index (χ3n) is 4.86. The fraction of sp³-hybridized carbons (Fsp3) is 0.263. The average molecular weight is 432 g/mol. The molecule has 3 aromatic rings. The molecule has 0 saturated carbocycles. The van der Waals surface area contributed by atoms with Gasteiger partial charge in [-0.2, -0.15) is 0 Å². The van der Waals surface area contributed by atoms with Gasteiger partial charge in [0.25, 0.3) is 17.4 Å². The Labute approximate surface area is 175 Å². The first-order chi connectivity index (χ1) is 13.9. The fourth-order valence-electron chi connectivity index (χ4n) is 3.15. The smallest absolute Gasteiger partial charge is 0.268 e. The van der Waals surface area contributed by atoms with Gasteiger partial charge in [-0.15, -0.1) is 11.3 Å². The summed E-state index contributed by atoms with van der Waals surface area (Å²) < 4.78 is 0.386. The van der Waals surface area contributed by atoms with Gasteiger partial charge in [-0.25, -0.2) is 4.98 Å². The van der Waals surface area contributed by atoms with Crippen LogP contribution in [0.5, 0.6) is 0 Å². The van der Waals surface area contributed by atoms with Crippen molar-refractivity contribution in [3.05, 3.63) is 56.4 Å². The average Bonchev–Trinajstić information content (AvgIpc) is 3.15. The topological polar surface area (TPSA) is 98.4 Å². The number of halogens is 1. The Balaban J connectivity index is 1.52. The lowest BCUT2D eigenvalue weighted by Gasteiger charge is -2.32. The van der Waals surface area contributed by atoms with E-state index in [1.807, 2.05) is 7.05 Å². The van der Waals surface area contributed by atoms with Gasteiger partial charge in [0.05, 0.1) is 22.6 Å². The van der Waals surface area contributed by atoms with Crippen LogP contribution in [0.15, 0.2) is 34.7 Å². The molecule has 29 heavy (non-hydrogen) atoms. The van der Waals surface area contributed by atoms with Crippen molar-refractivity contribution in [1.82, 2.24) is 19.8 Å². The molecule has 8 nitrogen and oxygen atoms in total. The minimum absolute atomic E-state index is 0.0786. The first kappa shape index (κ1) is 19.6. The van der Waals surface area contributed by atoms with Gasteiger partial charge in [0, 0.05) is 37.1 Å². The van der Waals surface area contributed by atoms with Crippen molar-refractivity contribution in [3.8, 4) is 0 Å². The highest BCUT2D eigenvalue weighted by molar-refractivity contribution is 7.17. The molecule has 1 fully saturated rings. The zero-order valence-corrected chi connectivity index (χ0v) is 17.1. The molecule has 2 aromatic heterocycles. The molecule has 0 atom stereocenters. The summed E-state index contributed by atoms with van der Waals surface area (Å²) in [5.41, 5.74) is 1.21. The second kappa shape index (κ2) is 7.94. The number of benzene rings is 1. The zero-order valence-electron chi connectivity index (χ0n) is 15.6. The number of aromatic amines is 1. The van der Waals surface area contributed by atoms with Crippen LogP contribution in [-0.2, 0) is 0 Å². The number of piperazine rings is 1. The fourth-order valence-corrected chi connectivity index (χ4v) is 4.28. The van der Waals surface area contributed by atoms with Gasteiger partial charge in [-0.3, -0.25) is 14.4 Å². The minimum atomic E-state index is -0.422. The Hall–Kier alpha value is -2.75. The molecular formula is C19H18ClN5O3S. The molecule has 1 aromatic carbocycles. The van der Waals surface area contributed by atoms with Crippen molar-refractivity contribution < 1.29 is 9.59 Å². The lowest BCUT2D eigenvalue weighted by Crippen LogP contribution is -2.47. The number of fused-ring (bicyclic) bond motifs is 1. The third-order valence-corrected chi connectivity index (χ3v) is 6.14. The van der Waals surface area contributed by atoms with E-state index in [1.165, 1.54) is 6.33 Å². The van der Waals surface area contributed by atoms with Gasteiger partial charge in [0.1, 0.15) is 10.2 Å². The van der Waals surface area contributed by atoms with E-state index in [2.05, 4.69) is 20.2 Å². The van der Waals surface area contributed by atoms with E-state index < -0.39 is 5.91 Å². The lowest BCUT2D eigenvalue weighted by atomic mass is 10.1. The maximum atomic E-state index is 12.7. The van der Waals surface area contributed by atoms with E-state index in [0.29, 0.717) is 40.1 Å². The van der Waals surface area contributed by atoms with Crippen LogP contribution in [-0.4, -0.2) is 64.8 Å². The Bertz CT molecular complexity index is 1150. The first-order valence-electron chi connectivity index (χ1n) is 8.97. The number of amides is 2. The molecule has 1 aliphatic heterocycles. The van der Waals surface area contributed by atoms with E-state index in [9.17, 15) is 14.4 Å². The molecule has 1 saturated heterocycles. The summed E-state index contributed by atoms with van der Waals surface area (Å²) in [4.78, 5) is 47.7. The SMILES string of the molecule is CN1CCN(C(=O)c2ccc(NC(=O)c3csc4c(=O)[nH]cnc34)c(Cl)c2)CC1. The van der Waals surface area contributed by atoms with Crippen LogP contribution in [0.3, 0.4) is 0 Å². The largest absolute Gasteiger partial charge is 0.336 e. The van der Waals surface area contributed by atoms with Crippen LogP contribution in [0.25, 0.3) is 10.2 Å². The second-order valence-corrected chi connectivity index (χ2v) is 8.09. The zero-order chi connectivity index (χ0) is 20.5. The molecule has 4 rings (SSSR count). The van der Waals surface area contributed by atoms with Crippen molar-refractivity contribution in [3.63, 3.8) is 0 Å². The van der Waals surface area contributed by atoms with Gasteiger partial charge >= 0.3 is 0 Å². The summed E-state index contributed by atoms with van der Waals surface area (Å²) in [7, 11) is 2.03. The number of hydrogen-bond donors (Lipinski definition) is 2. The minimum Gasteiger partial charge on any atom is -0.336 e. The Morgan fingerprint density at radius 3 is 2.72 bits per heavy atom. The van der Waals surface area contributed by atoms with Crippen LogP contribution < -0.4 is 10.9 Å². The van der Waals surface area contributed by atoms with Crippen LogP contribution in [0.1, 0.15) is 20.7 Å². The molecule has 150 valence electrons. The molecule has 2 N–H and O–H groups in total. The maximum Gasteiger partial charge on any atom is 0.268 e.